The summed E-state index contributed by atoms with van der Waals surface area (Å²) in [5, 5.41) is 4.09. The fourth-order valence-corrected chi connectivity index (χ4v) is 2.75. The van der Waals surface area contributed by atoms with Gasteiger partial charge in [0.2, 0.25) is 0 Å². The molecule has 0 aliphatic carbocycles. The molecule has 0 aliphatic rings. The molecule has 0 radical (unpaired) electrons. The highest BCUT2D eigenvalue weighted by Gasteiger charge is 2.07. The van der Waals surface area contributed by atoms with E-state index in [1.54, 1.807) is 10.9 Å². The van der Waals surface area contributed by atoms with Crippen LogP contribution in [0.25, 0.3) is 11.1 Å². The first kappa shape index (κ1) is 16.7. The van der Waals surface area contributed by atoms with Gasteiger partial charge in [0.25, 0.3) is 0 Å². The van der Waals surface area contributed by atoms with Crippen LogP contribution in [-0.2, 0) is 18.3 Å². The number of rotatable bonds is 5. The fourth-order valence-electron chi connectivity index (χ4n) is 2.39. The summed E-state index contributed by atoms with van der Waals surface area (Å²) < 4.78 is 8.32. The molecule has 3 rings (SSSR count). The van der Waals surface area contributed by atoms with Gasteiger partial charge in [0.05, 0.1) is 12.6 Å². The summed E-state index contributed by atoms with van der Waals surface area (Å²) in [5.74, 6) is 0.335. The zero-order valence-electron chi connectivity index (χ0n) is 13.3. The number of nitrogens with zero attached hydrogens (tertiary/aromatic N) is 2. The summed E-state index contributed by atoms with van der Waals surface area (Å²) in [5.41, 5.74) is 3.27. The molecule has 3 aromatic rings. The second kappa shape index (κ2) is 7.61. The molecule has 0 unspecified atom stereocenters. The molecular weight excluding hydrogens is 415 g/mol. The van der Waals surface area contributed by atoms with Crippen molar-refractivity contribution in [2.75, 3.05) is 0 Å². The molecule has 1 heterocycles. The highest BCUT2D eigenvalue weighted by Crippen LogP contribution is 2.23. The number of ether oxygens (including phenoxy) is 1. The maximum Gasteiger partial charge on any atom is 0.311 e. The second-order valence-corrected chi connectivity index (χ2v) is 6.77. The number of aryl methyl sites for hydroxylation is 2. The Kier molecular flexibility index (Phi) is 5.30. The van der Waals surface area contributed by atoms with Crippen molar-refractivity contribution in [3.63, 3.8) is 0 Å². The van der Waals surface area contributed by atoms with Crippen molar-refractivity contribution < 1.29 is 9.53 Å². The molecule has 0 fully saturated rings. The number of hydrogen-bond acceptors (Lipinski definition) is 3. The lowest BCUT2D eigenvalue weighted by molar-refractivity contribution is -0.134. The van der Waals surface area contributed by atoms with Gasteiger partial charge in [-0.2, -0.15) is 5.10 Å². The SMILES string of the molecule is Cn1cc(CCC(=O)Oc2ccc(-c3ccc(I)cc3)cc2)cn1. The van der Waals surface area contributed by atoms with Crippen LogP contribution in [0.3, 0.4) is 0 Å². The van der Waals surface area contributed by atoms with E-state index >= 15 is 0 Å². The third kappa shape index (κ3) is 4.44. The van der Waals surface area contributed by atoms with Crippen molar-refractivity contribution in [3.8, 4) is 16.9 Å². The Bertz CT molecular complexity index is 823. The number of carbonyl (C=O) groups excluding carboxylic acids is 1. The third-order valence-electron chi connectivity index (χ3n) is 3.64. The lowest BCUT2D eigenvalue weighted by atomic mass is 10.1. The maximum absolute atomic E-state index is 11.9. The Morgan fingerprint density at radius 1 is 1.08 bits per heavy atom. The minimum absolute atomic E-state index is 0.235. The Labute approximate surface area is 154 Å². The average molecular weight is 432 g/mol. The molecule has 5 heteroatoms. The van der Waals surface area contributed by atoms with Crippen LogP contribution in [0.15, 0.2) is 60.9 Å². The van der Waals surface area contributed by atoms with Gasteiger partial charge in [-0.25, -0.2) is 0 Å². The van der Waals surface area contributed by atoms with E-state index in [4.69, 9.17) is 4.74 Å². The summed E-state index contributed by atoms with van der Waals surface area (Å²) in [6, 6.07) is 15.9. The molecule has 0 bridgehead atoms. The quantitative estimate of drug-likeness (QED) is 0.345. The maximum atomic E-state index is 11.9. The van der Waals surface area contributed by atoms with E-state index in [1.165, 1.54) is 3.57 Å². The van der Waals surface area contributed by atoms with Crippen LogP contribution in [-0.4, -0.2) is 15.7 Å². The highest BCUT2D eigenvalue weighted by atomic mass is 127. The zero-order chi connectivity index (χ0) is 16.9. The van der Waals surface area contributed by atoms with Crippen LogP contribution in [0.2, 0.25) is 0 Å². The largest absolute Gasteiger partial charge is 0.427 e. The molecule has 0 saturated heterocycles. The lowest BCUT2D eigenvalue weighted by Gasteiger charge is -2.06. The molecule has 0 N–H and O–H groups in total. The molecule has 0 atom stereocenters. The van der Waals surface area contributed by atoms with E-state index in [1.807, 2.05) is 37.5 Å². The number of aromatic nitrogens is 2. The van der Waals surface area contributed by atoms with Gasteiger partial charge in [0.15, 0.2) is 0 Å². The molecule has 1 aromatic heterocycles. The molecular formula is C19H17IN2O2. The van der Waals surface area contributed by atoms with Crippen LogP contribution in [0, 0.1) is 3.57 Å². The van der Waals surface area contributed by atoms with Crippen LogP contribution in [0.5, 0.6) is 5.75 Å². The highest BCUT2D eigenvalue weighted by molar-refractivity contribution is 14.1. The number of benzene rings is 2. The van der Waals surface area contributed by atoms with Gasteiger partial charge in [-0.15, -0.1) is 0 Å². The van der Waals surface area contributed by atoms with E-state index in [2.05, 4.69) is 52.0 Å². The van der Waals surface area contributed by atoms with Gasteiger partial charge in [0.1, 0.15) is 5.75 Å². The number of esters is 1. The normalized spacial score (nSPS) is 10.6. The Morgan fingerprint density at radius 3 is 2.29 bits per heavy atom. The van der Waals surface area contributed by atoms with Gasteiger partial charge in [-0.1, -0.05) is 24.3 Å². The molecule has 0 aliphatic heterocycles. The van der Waals surface area contributed by atoms with Gasteiger partial charge < -0.3 is 4.74 Å². The molecule has 122 valence electrons. The number of halogens is 1. The summed E-state index contributed by atoms with van der Waals surface area (Å²) in [6.45, 7) is 0. The first-order chi connectivity index (χ1) is 11.6. The number of hydrogen-bond donors (Lipinski definition) is 0. The average Bonchev–Trinajstić information content (AvgIpc) is 3.00. The van der Waals surface area contributed by atoms with E-state index in [0.29, 0.717) is 18.6 Å². The van der Waals surface area contributed by atoms with Gasteiger partial charge in [-0.05, 0) is 70.0 Å². The molecule has 24 heavy (non-hydrogen) atoms. The predicted molar refractivity (Wildman–Crippen MR) is 102 cm³/mol. The molecule has 4 nitrogen and oxygen atoms in total. The zero-order valence-corrected chi connectivity index (χ0v) is 15.4. The fraction of sp³-hybridized carbons (Fsp3) is 0.158. The molecule has 0 saturated carbocycles. The summed E-state index contributed by atoms with van der Waals surface area (Å²) >= 11 is 2.28. The summed E-state index contributed by atoms with van der Waals surface area (Å²) in [7, 11) is 1.86. The van der Waals surface area contributed by atoms with Crippen molar-refractivity contribution in [3.05, 3.63) is 70.1 Å². The van der Waals surface area contributed by atoms with Crippen LogP contribution in [0.4, 0.5) is 0 Å². The Hall–Kier alpha value is -2.15. The minimum Gasteiger partial charge on any atom is -0.427 e. The third-order valence-corrected chi connectivity index (χ3v) is 4.36. The summed E-state index contributed by atoms with van der Waals surface area (Å²) in [4.78, 5) is 11.9. The minimum atomic E-state index is -0.235. The van der Waals surface area contributed by atoms with Crippen LogP contribution < -0.4 is 4.74 Å². The van der Waals surface area contributed by atoms with Gasteiger partial charge in [-0.3, -0.25) is 9.48 Å². The van der Waals surface area contributed by atoms with Crippen molar-refractivity contribution >= 4 is 28.6 Å². The van der Waals surface area contributed by atoms with Crippen molar-refractivity contribution in [1.82, 2.24) is 9.78 Å². The van der Waals surface area contributed by atoms with Gasteiger partial charge in [0, 0.05) is 16.8 Å². The molecule has 2 aromatic carbocycles. The predicted octanol–water partition coefficient (Wildman–Crippen LogP) is 4.23. The van der Waals surface area contributed by atoms with Crippen LogP contribution in [0.1, 0.15) is 12.0 Å². The topological polar surface area (TPSA) is 44.1 Å². The van der Waals surface area contributed by atoms with E-state index in [9.17, 15) is 4.79 Å². The smallest absolute Gasteiger partial charge is 0.311 e. The van der Waals surface area contributed by atoms with E-state index in [0.717, 1.165) is 16.7 Å². The molecule has 0 amide bonds. The van der Waals surface area contributed by atoms with Gasteiger partial charge >= 0.3 is 5.97 Å². The van der Waals surface area contributed by atoms with Crippen molar-refractivity contribution in [2.45, 2.75) is 12.8 Å². The van der Waals surface area contributed by atoms with E-state index in [-0.39, 0.29) is 5.97 Å². The van der Waals surface area contributed by atoms with Crippen molar-refractivity contribution in [2.24, 2.45) is 7.05 Å². The lowest BCUT2D eigenvalue weighted by Crippen LogP contribution is -2.08. The first-order valence-corrected chi connectivity index (χ1v) is 8.72. The second-order valence-electron chi connectivity index (χ2n) is 5.53. The monoisotopic (exact) mass is 432 g/mol. The van der Waals surface area contributed by atoms with Crippen molar-refractivity contribution in [1.29, 1.82) is 0 Å². The molecule has 0 spiro atoms. The Balaban J connectivity index is 1.57. The number of carbonyl (C=O) groups is 1. The van der Waals surface area contributed by atoms with E-state index < -0.39 is 0 Å². The first-order valence-electron chi connectivity index (χ1n) is 7.64. The Morgan fingerprint density at radius 2 is 1.71 bits per heavy atom. The summed E-state index contributed by atoms with van der Waals surface area (Å²) in [6.07, 6.45) is 4.64. The standard InChI is InChI=1S/C19H17IN2O2/c1-22-13-14(12-21-22)2-11-19(23)24-18-9-5-16(6-10-18)15-3-7-17(20)8-4-15/h3-10,12-13H,2,11H2,1H3. The van der Waals surface area contributed by atoms with Crippen LogP contribution >= 0.6 is 22.6 Å².